The molecule has 1 aliphatic rings. The molecule has 0 spiro atoms. The van der Waals surface area contributed by atoms with Gasteiger partial charge in [-0.2, -0.15) is 0 Å². The maximum atomic E-state index is 8.48. The Morgan fingerprint density at radius 3 is 3.13 bits per heavy atom. The van der Waals surface area contributed by atoms with Crippen molar-refractivity contribution >= 4 is 0 Å². The quantitative estimate of drug-likeness (QED) is 0.584. The topological polar surface area (TPSA) is 50.7 Å². The summed E-state index contributed by atoms with van der Waals surface area (Å²) in [4.78, 5) is 0. The van der Waals surface area contributed by atoms with Crippen LogP contribution in [-0.4, -0.2) is 44.1 Å². The predicted octanol–water partition coefficient (Wildman–Crippen LogP) is 0.668. The molecule has 88 valence electrons. The van der Waals surface area contributed by atoms with Crippen LogP contribution in [0.3, 0.4) is 0 Å². The summed E-state index contributed by atoms with van der Waals surface area (Å²) in [5.41, 5.74) is 0. The molecular weight excluding hydrogens is 194 g/mol. The fraction of sp³-hybridized carbons (Fsp3) is 0.818. The van der Waals surface area contributed by atoms with E-state index in [9.17, 15) is 0 Å². The highest BCUT2D eigenvalue weighted by atomic mass is 16.5. The highest BCUT2D eigenvalue weighted by Gasteiger charge is 2.09. The molecule has 1 aliphatic heterocycles. The normalized spacial score (nSPS) is 20.2. The summed E-state index contributed by atoms with van der Waals surface area (Å²) >= 11 is 0. The minimum atomic E-state index is 0.107. The zero-order valence-electron chi connectivity index (χ0n) is 9.15. The van der Waals surface area contributed by atoms with Gasteiger partial charge in [-0.1, -0.05) is 0 Å². The van der Waals surface area contributed by atoms with Crippen LogP contribution >= 0.6 is 0 Å². The van der Waals surface area contributed by atoms with Crippen molar-refractivity contribution in [3.05, 3.63) is 12.3 Å². The summed E-state index contributed by atoms with van der Waals surface area (Å²) in [6.07, 6.45) is 7.37. The van der Waals surface area contributed by atoms with E-state index in [2.05, 4.69) is 11.4 Å². The van der Waals surface area contributed by atoms with E-state index in [0.717, 1.165) is 32.4 Å². The van der Waals surface area contributed by atoms with Crippen LogP contribution in [0, 0.1) is 0 Å². The first kappa shape index (κ1) is 12.5. The Morgan fingerprint density at radius 1 is 1.47 bits per heavy atom. The highest BCUT2D eigenvalue weighted by Crippen LogP contribution is 2.08. The lowest BCUT2D eigenvalue weighted by molar-refractivity contribution is 0.0888. The molecule has 0 fully saturated rings. The van der Waals surface area contributed by atoms with E-state index < -0.39 is 0 Å². The fourth-order valence-corrected chi connectivity index (χ4v) is 1.46. The molecule has 0 saturated carbocycles. The van der Waals surface area contributed by atoms with E-state index in [1.807, 2.05) is 0 Å². The molecule has 1 unspecified atom stereocenters. The third-order valence-electron chi connectivity index (χ3n) is 2.27. The van der Waals surface area contributed by atoms with Gasteiger partial charge in [0.1, 0.15) is 6.10 Å². The summed E-state index contributed by atoms with van der Waals surface area (Å²) in [7, 11) is 0. The maximum absolute atomic E-state index is 8.48. The van der Waals surface area contributed by atoms with Crippen molar-refractivity contribution in [3.8, 4) is 0 Å². The average molecular weight is 215 g/mol. The van der Waals surface area contributed by atoms with Crippen LogP contribution in [0.25, 0.3) is 0 Å². The van der Waals surface area contributed by atoms with Crippen LogP contribution in [0.4, 0.5) is 0 Å². The second-order valence-corrected chi connectivity index (χ2v) is 3.60. The summed E-state index contributed by atoms with van der Waals surface area (Å²) in [6.45, 7) is 3.10. The van der Waals surface area contributed by atoms with Crippen molar-refractivity contribution in [2.24, 2.45) is 0 Å². The summed E-state index contributed by atoms with van der Waals surface area (Å²) in [5.74, 6) is 0. The van der Waals surface area contributed by atoms with Crippen LogP contribution in [-0.2, 0) is 9.47 Å². The number of ether oxygens (including phenoxy) is 2. The third-order valence-corrected chi connectivity index (χ3v) is 2.27. The number of aliphatic hydroxyl groups is 1. The summed E-state index contributed by atoms with van der Waals surface area (Å²) in [6, 6.07) is 0. The Labute approximate surface area is 91.3 Å². The van der Waals surface area contributed by atoms with Crippen molar-refractivity contribution in [3.63, 3.8) is 0 Å². The molecule has 4 nitrogen and oxygen atoms in total. The van der Waals surface area contributed by atoms with Crippen molar-refractivity contribution < 1.29 is 14.6 Å². The van der Waals surface area contributed by atoms with Gasteiger partial charge in [-0.05, 0) is 31.9 Å². The van der Waals surface area contributed by atoms with Crippen molar-refractivity contribution in [1.82, 2.24) is 5.32 Å². The number of aliphatic hydroxyl groups excluding tert-OH is 1. The molecule has 0 aromatic carbocycles. The van der Waals surface area contributed by atoms with Crippen molar-refractivity contribution in [2.75, 3.05) is 32.9 Å². The third kappa shape index (κ3) is 6.49. The van der Waals surface area contributed by atoms with Gasteiger partial charge in [0.15, 0.2) is 0 Å². The number of hydrogen-bond donors (Lipinski definition) is 2. The van der Waals surface area contributed by atoms with Gasteiger partial charge in [0.25, 0.3) is 0 Å². The molecule has 0 aromatic heterocycles. The zero-order valence-corrected chi connectivity index (χ0v) is 9.15. The Morgan fingerprint density at radius 2 is 2.40 bits per heavy atom. The Balaban J connectivity index is 1.82. The molecule has 0 bridgehead atoms. The van der Waals surface area contributed by atoms with E-state index in [-0.39, 0.29) is 6.61 Å². The molecule has 1 atom stereocenters. The van der Waals surface area contributed by atoms with Crippen LogP contribution in [0.5, 0.6) is 0 Å². The predicted molar refractivity (Wildman–Crippen MR) is 58.6 cm³/mol. The van der Waals surface area contributed by atoms with E-state index in [4.69, 9.17) is 14.6 Å². The standard InChI is InChI=1S/C11H21NO3/c13-6-9-14-7-3-5-12-10-11-4-1-2-8-15-11/h2,8,11-13H,1,3-7,9-10H2. The van der Waals surface area contributed by atoms with E-state index in [1.165, 1.54) is 0 Å². The minimum Gasteiger partial charge on any atom is -0.497 e. The van der Waals surface area contributed by atoms with Crippen LogP contribution in [0.1, 0.15) is 19.3 Å². The van der Waals surface area contributed by atoms with Gasteiger partial charge in [0, 0.05) is 13.2 Å². The SMILES string of the molecule is OCCOCCCNCC1CCC=CO1. The molecule has 0 radical (unpaired) electrons. The first-order chi connectivity index (χ1) is 7.43. The van der Waals surface area contributed by atoms with Gasteiger partial charge >= 0.3 is 0 Å². The van der Waals surface area contributed by atoms with Gasteiger partial charge in [-0.3, -0.25) is 0 Å². The second kappa shape index (κ2) is 8.71. The first-order valence-electron chi connectivity index (χ1n) is 5.63. The molecule has 0 amide bonds. The van der Waals surface area contributed by atoms with Gasteiger partial charge in [-0.25, -0.2) is 0 Å². The lowest BCUT2D eigenvalue weighted by Crippen LogP contribution is -2.30. The molecule has 0 saturated heterocycles. The smallest absolute Gasteiger partial charge is 0.110 e. The lowest BCUT2D eigenvalue weighted by Gasteiger charge is -2.19. The van der Waals surface area contributed by atoms with Crippen LogP contribution < -0.4 is 5.32 Å². The van der Waals surface area contributed by atoms with E-state index in [1.54, 1.807) is 6.26 Å². The molecular formula is C11H21NO3. The Bertz CT molecular complexity index is 173. The molecule has 1 heterocycles. The highest BCUT2D eigenvalue weighted by molar-refractivity contribution is 4.82. The van der Waals surface area contributed by atoms with E-state index >= 15 is 0 Å². The number of hydrogen-bond acceptors (Lipinski definition) is 4. The van der Waals surface area contributed by atoms with Crippen molar-refractivity contribution in [1.29, 1.82) is 0 Å². The molecule has 4 heteroatoms. The number of rotatable bonds is 8. The Kier molecular flexibility index (Phi) is 7.25. The monoisotopic (exact) mass is 215 g/mol. The van der Waals surface area contributed by atoms with Gasteiger partial charge in [0.05, 0.1) is 19.5 Å². The van der Waals surface area contributed by atoms with Gasteiger partial charge in [-0.15, -0.1) is 0 Å². The molecule has 0 aliphatic carbocycles. The molecule has 15 heavy (non-hydrogen) atoms. The molecule has 2 N–H and O–H groups in total. The zero-order chi connectivity index (χ0) is 10.8. The minimum absolute atomic E-state index is 0.107. The second-order valence-electron chi connectivity index (χ2n) is 3.60. The van der Waals surface area contributed by atoms with Crippen molar-refractivity contribution in [2.45, 2.75) is 25.4 Å². The van der Waals surface area contributed by atoms with Crippen LogP contribution in [0.2, 0.25) is 0 Å². The summed E-state index contributed by atoms with van der Waals surface area (Å²) < 4.78 is 10.6. The van der Waals surface area contributed by atoms with Gasteiger partial charge in [0.2, 0.25) is 0 Å². The molecule has 1 rings (SSSR count). The largest absolute Gasteiger partial charge is 0.497 e. The van der Waals surface area contributed by atoms with E-state index in [0.29, 0.717) is 19.3 Å². The summed E-state index contributed by atoms with van der Waals surface area (Å²) in [5, 5.41) is 11.8. The number of allylic oxidation sites excluding steroid dienone is 1. The molecule has 0 aromatic rings. The van der Waals surface area contributed by atoms with Gasteiger partial charge < -0.3 is 19.9 Å². The first-order valence-corrected chi connectivity index (χ1v) is 5.63. The maximum Gasteiger partial charge on any atom is 0.110 e. The average Bonchev–Trinajstić information content (AvgIpc) is 2.29. The Hall–Kier alpha value is -0.580. The lowest BCUT2D eigenvalue weighted by atomic mass is 10.1. The number of nitrogens with one attached hydrogen (secondary N) is 1. The van der Waals surface area contributed by atoms with Crippen LogP contribution in [0.15, 0.2) is 12.3 Å². The fourth-order valence-electron chi connectivity index (χ4n) is 1.46.